The lowest BCUT2D eigenvalue weighted by atomic mass is 9.93. The van der Waals surface area contributed by atoms with E-state index in [-0.39, 0.29) is 22.8 Å². The molecule has 0 saturated heterocycles. The smallest absolute Gasteiger partial charge is 0.169 e. The van der Waals surface area contributed by atoms with Crippen molar-refractivity contribution in [2.75, 3.05) is 0 Å². The summed E-state index contributed by atoms with van der Waals surface area (Å²) in [5.74, 6) is -0.567. The summed E-state index contributed by atoms with van der Waals surface area (Å²) in [6, 6.07) is 6.57. The zero-order chi connectivity index (χ0) is 13.4. The van der Waals surface area contributed by atoms with Crippen molar-refractivity contribution in [2.45, 2.75) is 20.8 Å². The fraction of sp³-hybridized carbons (Fsp3) is 0.200. The van der Waals surface area contributed by atoms with Crippen molar-refractivity contribution in [1.82, 2.24) is 0 Å². The van der Waals surface area contributed by atoms with Gasteiger partial charge in [-0.05, 0) is 49.6 Å². The predicted molar refractivity (Wildman–Crippen MR) is 71.1 cm³/mol. The normalized spacial score (nSPS) is 10.6. The van der Waals surface area contributed by atoms with Gasteiger partial charge >= 0.3 is 0 Å². The van der Waals surface area contributed by atoms with Gasteiger partial charge in [0.05, 0.1) is 5.56 Å². The van der Waals surface area contributed by atoms with E-state index in [0.717, 1.165) is 22.3 Å². The van der Waals surface area contributed by atoms with Gasteiger partial charge in [-0.3, -0.25) is 0 Å². The zero-order valence-electron chi connectivity index (χ0n) is 10.7. The molecule has 0 atom stereocenters. The minimum atomic E-state index is -0.289. The van der Waals surface area contributed by atoms with E-state index in [2.05, 4.69) is 0 Å². The van der Waals surface area contributed by atoms with Gasteiger partial charge in [-0.2, -0.15) is 0 Å². The van der Waals surface area contributed by atoms with Gasteiger partial charge in [0.1, 0.15) is 5.75 Å². The van der Waals surface area contributed by atoms with Crippen LogP contribution in [0.5, 0.6) is 17.2 Å². The third-order valence-electron chi connectivity index (χ3n) is 3.22. The minimum Gasteiger partial charge on any atom is -0.507 e. The third kappa shape index (κ3) is 1.88. The first-order chi connectivity index (χ1) is 8.41. The monoisotopic (exact) mass is 244 g/mol. The maximum Gasteiger partial charge on any atom is 0.169 e. The van der Waals surface area contributed by atoms with E-state index in [1.54, 1.807) is 0 Å². The van der Waals surface area contributed by atoms with Crippen molar-refractivity contribution < 1.29 is 15.3 Å². The van der Waals surface area contributed by atoms with Crippen LogP contribution in [-0.2, 0) is 0 Å². The number of benzene rings is 2. The first-order valence-corrected chi connectivity index (χ1v) is 5.74. The second kappa shape index (κ2) is 4.26. The van der Waals surface area contributed by atoms with Gasteiger partial charge in [0.2, 0.25) is 0 Å². The molecule has 2 aromatic rings. The van der Waals surface area contributed by atoms with Crippen LogP contribution in [0.2, 0.25) is 0 Å². The highest BCUT2D eigenvalue weighted by molar-refractivity contribution is 5.81. The molecule has 0 unspecified atom stereocenters. The van der Waals surface area contributed by atoms with Crippen LogP contribution in [-0.4, -0.2) is 15.3 Å². The van der Waals surface area contributed by atoms with Crippen LogP contribution in [0.4, 0.5) is 0 Å². The second-order valence-electron chi connectivity index (χ2n) is 4.58. The maximum absolute atomic E-state index is 9.93. The summed E-state index contributed by atoms with van der Waals surface area (Å²) in [7, 11) is 0. The molecule has 2 aromatic carbocycles. The lowest BCUT2D eigenvalue weighted by Gasteiger charge is -2.14. The first kappa shape index (κ1) is 12.3. The van der Waals surface area contributed by atoms with Crippen molar-refractivity contribution in [3.05, 3.63) is 41.0 Å². The van der Waals surface area contributed by atoms with Crippen LogP contribution >= 0.6 is 0 Å². The lowest BCUT2D eigenvalue weighted by Crippen LogP contribution is -1.91. The molecular weight excluding hydrogens is 228 g/mol. The Morgan fingerprint density at radius 2 is 1.44 bits per heavy atom. The molecule has 0 saturated carbocycles. The molecule has 2 rings (SSSR count). The summed E-state index contributed by atoms with van der Waals surface area (Å²) in [6.07, 6.45) is 0. The Kier molecular flexibility index (Phi) is 2.91. The Balaban J connectivity index is 2.81. The van der Waals surface area contributed by atoms with Gasteiger partial charge in [0.25, 0.3) is 0 Å². The lowest BCUT2D eigenvalue weighted by molar-refractivity contribution is 0.398. The van der Waals surface area contributed by atoms with Gasteiger partial charge in [0, 0.05) is 0 Å². The van der Waals surface area contributed by atoms with Crippen molar-refractivity contribution in [3.63, 3.8) is 0 Å². The van der Waals surface area contributed by atoms with Gasteiger partial charge < -0.3 is 15.3 Å². The Morgan fingerprint density at radius 1 is 0.833 bits per heavy atom. The average molecular weight is 244 g/mol. The van der Waals surface area contributed by atoms with Crippen LogP contribution in [0.3, 0.4) is 0 Å². The van der Waals surface area contributed by atoms with E-state index in [1.165, 1.54) is 12.1 Å². The molecule has 0 aliphatic heterocycles. The van der Waals surface area contributed by atoms with Crippen molar-refractivity contribution in [1.29, 1.82) is 0 Å². The Hall–Kier alpha value is -2.16. The van der Waals surface area contributed by atoms with Crippen molar-refractivity contribution in [3.8, 4) is 28.4 Å². The standard InChI is InChI=1S/C15H16O3/c1-8-6-9(2)10(3)11(7-8)14-12(16)4-5-13(17)15(14)18/h4-7,16-18H,1-3H3. The SMILES string of the molecule is Cc1cc(C)c(C)c(-c2c(O)ccc(O)c2O)c1. The fourth-order valence-corrected chi connectivity index (χ4v) is 2.13. The molecule has 0 amide bonds. The number of hydrogen-bond acceptors (Lipinski definition) is 3. The molecule has 0 aromatic heterocycles. The van der Waals surface area contributed by atoms with Gasteiger partial charge in [-0.25, -0.2) is 0 Å². The molecule has 3 N–H and O–H groups in total. The van der Waals surface area contributed by atoms with Crippen molar-refractivity contribution in [2.24, 2.45) is 0 Å². The summed E-state index contributed by atoms with van der Waals surface area (Å²) in [5, 5.41) is 29.4. The molecule has 0 fully saturated rings. The largest absolute Gasteiger partial charge is 0.507 e. The molecule has 3 heteroatoms. The van der Waals surface area contributed by atoms with Crippen LogP contribution < -0.4 is 0 Å². The van der Waals surface area contributed by atoms with Gasteiger partial charge in [0.15, 0.2) is 11.5 Å². The second-order valence-corrected chi connectivity index (χ2v) is 4.58. The quantitative estimate of drug-likeness (QED) is 0.532. The maximum atomic E-state index is 9.93. The highest BCUT2D eigenvalue weighted by Crippen LogP contribution is 2.44. The van der Waals surface area contributed by atoms with E-state index in [9.17, 15) is 15.3 Å². The highest BCUT2D eigenvalue weighted by Gasteiger charge is 2.16. The predicted octanol–water partition coefficient (Wildman–Crippen LogP) is 3.40. The molecule has 0 radical (unpaired) electrons. The Labute approximate surface area is 106 Å². The van der Waals surface area contributed by atoms with E-state index in [1.807, 2.05) is 32.9 Å². The van der Waals surface area contributed by atoms with Crippen LogP contribution in [0.25, 0.3) is 11.1 Å². The van der Waals surface area contributed by atoms with Crippen LogP contribution in [0.1, 0.15) is 16.7 Å². The molecule has 0 aliphatic carbocycles. The summed E-state index contributed by atoms with van der Waals surface area (Å²) < 4.78 is 0. The van der Waals surface area contributed by atoms with Crippen molar-refractivity contribution >= 4 is 0 Å². The van der Waals surface area contributed by atoms with Crippen LogP contribution in [0.15, 0.2) is 24.3 Å². The Bertz CT molecular complexity index is 616. The van der Waals surface area contributed by atoms with E-state index >= 15 is 0 Å². The zero-order valence-corrected chi connectivity index (χ0v) is 10.7. The molecule has 0 heterocycles. The summed E-state index contributed by atoms with van der Waals surface area (Å²) >= 11 is 0. The van der Waals surface area contributed by atoms with Gasteiger partial charge in [-0.15, -0.1) is 0 Å². The van der Waals surface area contributed by atoms with E-state index in [4.69, 9.17) is 0 Å². The number of phenols is 3. The Morgan fingerprint density at radius 3 is 2.11 bits per heavy atom. The molecule has 3 nitrogen and oxygen atoms in total. The molecule has 94 valence electrons. The van der Waals surface area contributed by atoms with E-state index < -0.39 is 0 Å². The topological polar surface area (TPSA) is 60.7 Å². The molecule has 18 heavy (non-hydrogen) atoms. The number of phenolic OH excluding ortho intramolecular Hbond substituents is 3. The van der Waals surface area contributed by atoms with E-state index in [0.29, 0.717) is 0 Å². The highest BCUT2D eigenvalue weighted by atomic mass is 16.3. The number of hydrogen-bond donors (Lipinski definition) is 3. The third-order valence-corrected chi connectivity index (χ3v) is 3.22. The summed E-state index contributed by atoms with van der Waals surface area (Å²) in [6.45, 7) is 5.85. The molecular formula is C15H16O3. The number of aryl methyl sites for hydroxylation is 2. The summed E-state index contributed by atoms with van der Waals surface area (Å²) in [4.78, 5) is 0. The molecule has 0 spiro atoms. The number of aromatic hydroxyl groups is 3. The fourth-order valence-electron chi connectivity index (χ4n) is 2.13. The van der Waals surface area contributed by atoms with Gasteiger partial charge in [-0.1, -0.05) is 17.7 Å². The average Bonchev–Trinajstić information content (AvgIpc) is 2.30. The first-order valence-electron chi connectivity index (χ1n) is 5.74. The van der Waals surface area contributed by atoms with Crippen LogP contribution in [0, 0.1) is 20.8 Å². The molecule has 0 bridgehead atoms. The molecule has 0 aliphatic rings. The summed E-state index contributed by atoms with van der Waals surface area (Å²) in [5.41, 5.74) is 4.09. The minimum absolute atomic E-state index is 0.0431. The number of rotatable bonds is 1.